The van der Waals surface area contributed by atoms with Crippen LogP contribution in [0.4, 0.5) is 4.39 Å². The molecule has 3 aromatic carbocycles. The third-order valence-electron chi connectivity index (χ3n) is 4.68. The Hall–Kier alpha value is -3.67. The van der Waals surface area contributed by atoms with Crippen molar-refractivity contribution >= 4 is 12.0 Å². The van der Waals surface area contributed by atoms with E-state index in [0.29, 0.717) is 34.9 Å². The van der Waals surface area contributed by atoms with Gasteiger partial charge in [-0.15, -0.1) is 0 Å². The molecule has 0 atom stereocenters. The van der Waals surface area contributed by atoms with E-state index in [1.165, 1.54) is 6.07 Å². The standard InChI is InChI=1S/C25H24FNO4/c1-29-25-14-18(16-30-21-11-10-19(8-5-13-28)22(26)15-21)9-12-24(25)31-17-23(27)20-6-3-2-4-7-20/h2-4,6-7,9-15,27H,5,8,16-17H2,1H3. The summed E-state index contributed by atoms with van der Waals surface area (Å²) in [5.74, 6) is 1.07. The van der Waals surface area contributed by atoms with Gasteiger partial charge in [-0.05, 0) is 41.3 Å². The van der Waals surface area contributed by atoms with Crippen molar-refractivity contribution in [3.05, 3.63) is 89.2 Å². The van der Waals surface area contributed by atoms with Crippen LogP contribution in [-0.4, -0.2) is 25.7 Å². The summed E-state index contributed by atoms with van der Waals surface area (Å²) in [7, 11) is 1.54. The van der Waals surface area contributed by atoms with Crippen LogP contribution in [0.3, 0.4) is 0 Å². The van der Waals surface area contributed by atoms with Crippen LogP contribution in [0.2, 0.25) is 0 Å². The van der Waals surface area contributed by atoms with Gasteiger partial charge in [-0.1, -0.05) is 42.5 Å². The minimum atomic E-state index is -0.387. The van der Waals surface area contributed by atoms with Gasteiger partial charge in [0.25, 0.3) is 0 Å². The molecule has 0 bridgehead atoms. The highest BCUT2D eigenvalue weighted by molar-refractivity contribution is 5.99. The van der Waals surface area contributed by atoms with E-state index in [0.717, 1.165) is 17.4 Å². The van der Waals surface area contributed by atoms with Crippen molar-refractivity contribution in [2.24, 2.45) is 0 Å². The van der Waals surface area contributed by atoms with Crippen molar-refractivity contribution < 1.29 is 23.4 Å². The first kappa shape index (κ1) is 22.0. The molecule has 0 unspecified atom stereocenters. The second kappa shape index (κ2) is 10.9. The van der Waals surface area contributed by atoms with Crippen molar-refractivity contribution in [1.29, 1.82) is 5.41 Å². The number of halogens is 1. The van der Waals surface area contributed by atoms with Crippen molar-refractivity contribution in [3.8, 4) is 17.2 Å². The van der Waals surface area contributed by atoms with Crippen LogP contribution in [0.15, 0.2) is 66.7 Å². The van der Waals surface area contributed by atoms with Crippen LogP contribution >= 0.6 is 0 Å². The van der Waals surface area contributed by atoms with E-state index < -0.39 is 0 Å². The number of hydrogen-bond donors (Lipinski definition) is 1. The van der Waals surface area contributed by atoms with E-state index >= 15 is 0 Å². The molecule has 0 aliphatic carbocycles. The largest absolute Gasteiger partial charge is 0.493 e. The van der Waals surface area contributed by atoms with E-state index in [4.69, 9.17) is 19.6 Å². The van der Waals surface area contributed by atoms with Crippen LogP contribution in [0.25, 0.3) is 0 Å². The molecule has 5 nitrogen and oxygen atoms in total. The first-order valence-corrected chi connectivity index (χ1v) is 9.88. The fourth-order valence-corrected chi connectivity index (χ4v) is 3.00. The van der Waals surface area contributed by atoms with Gasteiger partial charge < -0.3 is 24.4 Å². The second-order valence-corrected chi connectivity index (χ2v) is 6.87. The highest BCUT2D eigenvalue weighted by Gasteiger charge is 2.10. The molecule has 3 aromatic rings. The number of rotatable bonds is 11. The number of ether oxygens (including phenoxy) is 3. The summed E-state index contributed by atoms with van der Waals surface area (Å²) < 4.78 is 30.9. The molecular weight excluding hydrogens is 397 g/mol. The number of methoxy groups -OCH3 is 1. The zero-order chi connectivity index (χ0) is 22.1. The molecule has 6 heteroatoms. The minimum absolute atomic E-state index is 0.117. The predicted molar refractivity (Wildman–Crippen MR) is 117 cm³/mol. The molecule has 0 heterocycles. The highest BCUT2D eigenvalue weighted by atomic mass is 19.1. The lowest BCUT2D eigenvalue weighted by Crippen LogP contribution is -2.12. The van der Waals surface area contributed by atoms with Gasteiger partial charge >= 0.3 is 0 Å². The smallest absolute Gasteiger partial charge is 0.161 e. The maximum atomic E-state index is 14.1. The molecule has 31 heavy (non-hydrogen) atoms. The Morgan fingerprint density at radius 1 is 1.00 bits per heavy atom. The first-order chi connectivity index (χ1) is 15.1. The quantitative estimate of drug-likeness (QED) is 0.350. The molecular formula is C25H24FNO4. The van der Waals surface area contributed by atoms with Crippen LogP contribution in [0.5, 0.6) is 17.2 Å². The van der Waals surface area contributed by atoms with Gasteiger partial charge in [-0.25, -0.2) is 4.39 Å². The molecule has 160 valence electrons. The summed E-state index contributed by atoms with van der Waals surface area (Å²) in [5, 5.41) is 8.15. The lowest BCUT2D eigenvalue weighted by atomic mass is 10.1. The van der Waals surface area contributed by atoms with Crippen LogP contribution in [0, 0.1) is 11.2 Å². The SMILES string of the molecule is COc1cc(COc2ccc(CCC=O)c(F)c2)ccc1OCC(=N)c1ccccc1. The molecule has 0 aliphatic heterocycles. The number of nitrogens with one attached hydrogen (secondary N) is 1. The summed E-state index contributed by atoms with van der Waals surface area (Å²) in [6, 6.07) is 19.4. The van der Waals surface area contributed by atoms with Gasteiger partial charge in [-0.3, -0.25) is 0 Å². The number of benzene rings is 3. The zero-order valence-electron chi connectivity index (χ0n) is 17.3. The number of hydrogen-bond acceptors (Lipinski definition) is 5. The van der Waals surface area contributed by atoms with Gasteiger partial charge in [0.1, 0.15) is 31.1 Å². The van der Waals surface area contributed by atoms with Crippen molar-refractivity contribution in [1.82, 2.24) is 0 Å². The van der Waals surface area contributed by atoms with Gasteiger partial charge in [0.15, 0.2) is 11.5 Å². The predicted octanol–water partition coefficient (Wildman–Crippen LogP) is 4.99. The van der Waals surface area contributed by atoms with Gasteiger partial charge in [0.2, 0.25) is 0 Å². The van der Waals surface area contributed by atoms with Crippen LogP contribution in [-0.2, 0) is 17.8 Å². The Labute approximate surface area is 180 Å². The van der Waals surface area contributed by atoms with E-state index in [9.17, 15) is 9.18 Å². The molecule has 0 fully saturated rings. The monoisotopic (exact) mass is 421 g/mol. The maximum absolute atomic E-state index is 14.1. The molecule has 1 N–H and O–H groups in total. The Kier molecular flexibility index (Phi) is 7.76. The van der Waals surface area contributed by atoms with Crippen molar-refractivity contribution in [2.45, 2.75) is 19.4 Å². The lowest BCUT2D eigenvalue weighted by molar-refractivity contribution is -0.107. The number of carbonyl (C=O) groups is 1. The Bertz CT molecular complexity index is 1040. The summed E-state index contributed by atoms with van der Waals surface area (Å²) in [4.78, 5) is 10.5. The summed E-state index contributed by atoms with van der Waals surface area (Å²) in [6.07, 6.45) is 1.43. The Morgan fingerprint density at radius 3 is 2.52 bits per heavy atom. The van der Waals surface area contributed by atoms with E-state index in [1.54, 1.807) is 31.4 Å². The fraction of sp³-hybridized carbons (Fsp3) is 0.200. The first-order valence-electron chi connectivity index (χ1n) is 9.88. The van der Waals surface area contributed by atoms with Gasteiger partial charge in [0, 0.05) is 12.5 Å². The number of carbonyl (C=O) groups excluding carboxylic acids is 1. The third-order valence-corrected chi connectivity index (χ3v) is 4.68. The lowest BCUT2D eigenvalue weighted by Gasteiger charge is -2.13. The second-order valence-electron chi connectivity index (χ2n) is 6.87. The fourth-order valence-electron chi connectivity index (χ4n) is 3.00. The van der Waals surface area contributed by atoms with E-state index in [2.05, 4.69) is 0 Å². The third kappa shape index (κ3) is 6.15. The van der Waals surface area contributed by atoms with E-state index in [1.807, 2.05) is 36.4 Å². The zero-order valence-corrected chi connectivity index (χ0v) is 17.3. The molecule has 0 amide bonds. The Morgan fingerprint density at radius 2 is 1.81 bits per heavy atom. The van der Waals surface area contributed by atoms with E-state index in [-0.39, 0.29) is 25.5 Å². The molecule has 0 aromatic heterocycles. The molecule has 0 saturated heterocycles. The maximum Gasteiger partial charge on any atom is 0.161 e. The number of aryl methyl sites for hydroxylation is 1. The van der Waals surface area contributed by atoms with Crippen LogP contribution in [0.1, 0.15) is 23.1 Å². The minimum Gasteiger partial charge on any atom is -0.493 e. The number of aldehydes is 1. The van der Waals surface area contributed by atoms with Gasteiger partial charge in [0.05, 0.1) is 12.8 Å². The van der Waals surface area contributed by atoms with Crippen molar-refractivity contribution in [3.63, 3.8) is 0 Å². The Balaban J connectivity index is 1.60. The summed E-state index contributed by atoms with van der Waals surface area (Å²) in [6.45, 7) is 0.343. The normalized spacial score (nSPS) is 10.4. The van der Waals surface area contributed by atoms with Crippen LogP contribution < -0.4 is 14.2 Å². The molecule has 0 aliphatic rings. The van der Waals surface area contributed by atoms with Gasteiger partial charge in [-0.2, -0.15) is 0 Å². The highest BCUT2D eigenvalue weighted by Crippen LogP contribution is 2.29. The topological polar surface area (TPSA) is 68.6 Å². The summed E-state index contributed by atoms with van der Waals surface area (Å²) >= 11 is 0. The van der Waals surface area contributed by atoms with Crippen molar-refractivity contribution in [2.75, 3.05) is 13.7 Å². The average Bonchev–Trinajstić information content (AvgIpc) is 2.81. The molecule has 0 saturated carbocycles. The molecule has 0 radical (unpaired) electrons. The molecule has 0 spiro atoms. The average molecular weight is 421 g/mol. The molecule has 3 rings (SSSR count). The summed E-state index contributed by atoms with van der Waals surface area (Å²) in [5.41, 5.74) is 2.49.